The molecule has 0 aromatic carbocycles. The molecule has 5 heteroatoms. The number of aryl methyl sites for hydroxylation is 2. The Morgan fingerprint density at radius 1 is 1.06 bits per heavy atom. The van der Waals surface area contributed by atoms with Gasteiger partial charge in [0.25, 0.3) is 0 Å². The van der Waals surface area contributed by atoms with Crippen LogP contribution in [0.4, 0.5) is 0 Å². The standard InChI is InChI=1S/C13H12N4S/c1-8-9(2)15-13(16-10(8)3)18-12-6-4-5-11(7-14)17-12/h4-6H,1-3H3. The molecule has 0 N–H and O–H groups in total. The summed E-state index contributed by atoms with van der Waals surface area (Å²) in [6.45, 7) is 5.94. The summed E-state index contributed by atoms with van der Waals surface area (Å²) in [6, 6.07) is 7.35. The van der Waals surface area contributed by atoms with E-state index in [1.165, 1.54) is 11.8 Å². The van der Waals surface area contributed by atoms with Crippen molar-refractivity contribution in [3.05, 3.63) is 40.8 Å². The Balaban J connectivity index is 2.32. The summed E-state index contributed by atoms with van der Waals surface area (Å²) in [5.41, 5.74) is 3.46. The second-order valence-corrected chi connectivity index (χ2v) is 4.86. The Kier molecular flexibility index (Phi) is 3.58. The van der Waals surface area contributed by atoms with Gasteiger partial charge in [-0.15, -0.1) is 0 Å². The average molecular weight is 256 g/mol. The minimum atomic E-state index is 0.403. The van der Waals surface area contributed by atoms with Gasteiger partial charge in [-0.2, -0.15) is 5.26 Å². The third-order valence-electron chi connectivity index (χ3n) is 2.65. The molecule has 0 saturated heterocycles. The summed E-state index contributed by atoms with van der Waals surface area (Å²) in [7, 11) is 0. The van der Waals surface area contributed by atoms with Crippen LogP contribution in [0.1, 0.15) is 22.6 Å². The highest BCUT2D eigenvalue weighted by Crippen LogP contribution is 2.24. The number of hydrogen-bond acceptors (Lipinski definition) is 5. The first-order chi connectivity index (χ1) is 8.60. The van der Waals surface area contributed by atoms with Crippen LogP contribution in [0.5, 0.6) is 0 Å². The van der Waals surface area contributed by atoms with Crippen LogP contribution in [0.3, 0.4) is 0 Å². The molecule has 4 nitrogen and oxygen atoms in total. The van der Waals surface area contributed by atoms with Gasteiger partial charge in [-0.25, -0.2) is 15.0 Å². The molecule has 2 aromatic heterocycles. The summed E-state index contributed by atoms with van der Waals surface area (Å²) in [5, 5.41) is 10.2. The second-order valence-electron chi connectivity index (χ2n) is 3.88. The number of nitrogens with zero attached hydrogens (tertiary/aromatic N) is 4. The Morgan fingerprint density at radius 2 is 1.72 bits per heavy atom. The van der Waals surface area contributed by atoms with Crippen LogP contribution in [0, 0.1) is 32.1 Å². The molecule has 18 heavy (non-hydrogen) atoms. The molecule has 0 aliphatic rings. The fourth-order valence-electron chi connectivity index (χ4n) is 1.41. The predicted octanol–water partition coefficient (Wildman–Crippen LogP) is 2.82. The average Bonchev–Trinajstić information content (AvgIpc) is 2.36. The maximum absolute atomic E-state index is 8.80. The van der Waals surface area contributed by atoms with Crippen LogP contribution in [-0.4, -0.2) is 15.0 Å². The maximum atomic E-state index is 8.80. The van der Waals surface area contributed by atoms with Gasteiger partial charge in [-0.3, -0.25) is 0 Å². The van der Waals surface area contributed by atoms with E-state index in [-0.39, 0.29) is 0 Å². The van der Waals surface area contributed by atoms with Crippen LogP contribution in [0.15, 0.2) is 28.4 Å². The molecule has 0 aliphatic heterocycles. The van der Waals surface area contributed by atoms with Crippen molar-refractivity contribution in [2.45, 2.75) is 31.0 Å². The molecular weight excluding hydrogens is 244 g/mol. The van der Waals surface area contributed by atoms with Crippen molar-refractivity contribution in [3.8, 4) is 6.07 Å². The highest BCUT2D eigenvalue weighted by Gasteiger charge is 2.07. The highest BCUT2D eigenvalue weighted by atomic mass is 32.2. The lowest BCUT2D eigenvalue weighted by atomic mass is 10.2. The fraction of sp³-hybridized carbons (Fsp3) is 0.231. The first-order valence-electron chi connectivity index (χ1n) is 5.47. The van der Waals surface area contributed by atoms with Gasteiger partial charge in [0.2, 0.25) is 0 Å². The Labute approximate surface area is 110 Å². The lowest BCUT2D eigenvalue weighted by Gasteiger charge is -2.06. The summed E-state index contributed by atoms with van der Waals surface area (Å²) in [6.07, 6.45) is 0. The Bertz CT molecular complexity index is 608. The van der Waals surface area contributed by atoms with Crippen molar-refractivity contribution >= 4 is 11.8 Å². The Hall–Kier alpha value is -1.93. The van der Waals surface area contributed by atoms with E-state index in [1.54, 1.807) is 6.07 Å². The second kappa shape index (κ2) is 5.15. The number of pyridine rings is 1. The van der Waals surface area contributed by atoms with Crippen molar-refractivity contribution in [1.82, 2.24) is 15.0 Å². The van der Waals surface area contributed by atoms with Gasteiger partial charge < -0.3 is 0 Å². The van der Waals surface area contributed by atoms with E-state index < -0.39 is 0 Å². The van der Waals surface area contributed by atoms with Crippen LogP contribution in [0.25, 0.3) is 0 Å². The molecule has 2 aromatic rings. The molecule has 0 radical (unpaired) electrons. The van der Waals surface area contributed by atoms with Gasteiger partial charge in [0.15, 0.2) is 5.16 Å². The fourth-order valence-corrected chi connectivity index (χ4v) is 2.26. The van der Waals surface area contributed by atoms with E-state index in [0.717, 1.165) is 22.0 Å². The smallest absolute Gasteiger partial charge is 0.194 e. The van der Waals surface area contributed by atoms with Crippen LogP contribution < -0.4 is 0 Å². The topological polar surface area (TPSA) is 62.5 Å². The van der Waals surface area contributed by atoms with E-state index in [0.29, 0.717) is 10.9 Å². The summed E-state index contributed by atoms with van der Waals surface area (Å²) < 4.78 is 0. The summed E-state index contributed by atoms with van der Waals surface area (Å²) in [5.74, 6) is 0. The predicted molar refractivity (Wildman–Crippen MR) is 69.3 cm³/mol. The zero-order valence-corrected chi connectivity index (χ0v) is 11.2. The third-order valence-corrected chi connectivity index (χ3v) is 3.45. The van der Waals surface area contributed by atoms with Gasteiger partial charge in [0.1, 0.15) is 16.8 Å². The third kappa shape index (κ3) is 2.66. The molecule has 2 rings (SSSR count). The van der Waals surface area contributed by atoms with Gasteiger partial charge >= 0.3 is 0 Å². The quantitative estimate of drug-likeness (QED) is 0.773. The molecule has 0 amide bonds. The van der Waals surface area contributed by atoms with E-state index in [2.05, 4.69) is 15.0 Å². The Morgan fingerprint density at radius 3 is 2.33 bits per heavy atom. The highest BCUT2D eigenvalue weighted by molar-refractivity contribution is 7.99. The van der Waals surface area contributed by atoms with Crippen molar-refractivity contribution < 1.29 is 0 Å². The SMILES string of the molecule is Cc1nc(Sc2cccc(C#N)n2)nc(C)c1C. The molecular formula is C13H12N4S. The number of rotatable bonds is 2. The molecule has 0 unspecified atom stereocenters. The van der Waals surface area contributed by atoms with Gasteiger partial charge in [-0.1, -0.05) is 6.07 Å². The molecule has 0 aliphatic carbocycles. The summed E-state index contributed by atoms with van der Waals surface area (Å²) in [4.78, 5) is 13.0. The van der Waals surface area contributed by atoms with Crippen molar-refractivity contribution in [2.24, 2.45) is 0 Å². The molecule has 2 heterocycles. The molecule has 0 atom stereocenters. The molecule has 90 valence electrons. The largest absolute Gasteiger partial charge is 0.230 e. The normalized spacial score (nSPS) is 10.1. The number of aromatic nitrogens is 3. The van der Waals surface area contributed by atoms with Crippen LogP contribution in [-0.2, 0) is 0 Å². The summed E-state index contributed by atoms with van der Waals surface area (Å²) >= 11 is 1.37. The van der Waals surface area contributed by atoms with E-state index in [4.69, 9.17) is 5.26 Å². The molecule has 0 fully saturated rings. The molecule has 0 saturated carbocycles. The number of hydrogen-bond donors (Lipinski definition) is 0. The zero-order chi connectivity index (χ0) is 13.1. The van der Waals surface area contributed by atoms with Crippen molar-refractivity contribution in [3.63, 3.8) is 0 Å². The van der Waals surface area contributed by atoms with Gasteiger partial charge in [0, 0.05) is 11.4 Å². The maximum Gasteiger partial charge on any atom is 0.194 e. The van der Waals surface area contributed by atoms with Crippen molar-refractivity contribution in [2.75, 3.05) is 0 Å². The van der Waals surface area contributed by atoms with Crippen LogP contribution in [0.2, 0.25) is 0 Å². The van der Waals surface area contributed by atoms with Gasteiger partial charge in [0.05, 0.1) is 0 Å². The van der Waals surface area contributed by atoms with Crippen molar-refractivity contribution in [1.29, 1.82) is 5.26 Å². The first kappa shape index (κ1) is 12.5. The molecule has 0 spiro atoms. The monoisotopic (exact) mass is 256 g/mol. The van der Waals surface area contributed by atoms with Gasteiger partial charge in [-0.05, 0) is 50.2 Å². The van der Waals surface area contributed by atoms with E-state index in [9.17, 15) is 0 Å². The minimum Gasteiger partial charge on any atom is -0.230 e. The lowest BCUT2D eigenvalue weighted by molar-refractivity contribution is 0.878. The van der Waals surface area contributed by atoms with Crippen LogP contribution >= 0.6 is 11.8 Å². The zero-order valence-electron chi connectivity index (χ0n) is 10.4. The lowest BCUT2D eigenvalue weighted by Crippen LogP contribution is -1.98. The van der Waals surface area contributed by atoms with E-state index >= 15 is 0 Å². The minimum absolute atomic E-state index is 0.403. The first-order valence-corrected chi connectivity index (χ1v) is 6.28. The molecule has 0 bridgehead atoms. The van der Waals surface area contributed by atoms with E-state index in [1.807, 2.05) is 39.0 Å². The number of nitriles is 1.